The van der Waals surface area contributed by atoms with Gasteiger partial charge < -0.3 is 19.1 Å². The summed E-state index contributed by atoms with van der Waals surface area (Å²) in [7, 11) is 1.62. The molecule has 1 aliphatic rings. The van der Waals surface area contributed by atoms with Crippen LogP contribution in [0.2, 0.25) is 0 Å². The molecule has 1 aromatic carbocycles. The van der Waals surface area contributed by atoms with Crippen molar-refractivity contribution in [2.45, 2.75) is 45.7 Å². The Labute approximate surface area is 172 Å². The number of piperidine rings is 1. The van der Waals surface area contributed by atoms with Crippen molar-refractivity contribution in [2.75, 3.05) is 33.4 Å². The van der Waals surface area contributed by atoms with Crippen LogP contribution in [0.25, 0.3) is 0 Å². The fraction of sp³-hybridized carbons (Fsp3) is 0.522. The van der Waals surface area contributed by atoms with Gasteiger partial charge in [-0.15, -0.1) is 0 Å². The highest BCUT2D eigenvalue weighted by atomic mass is 16.5. The number of likely N-dealkylation sites (tertiary alicyclic amines) is 1. The Morgan fingerprint density at radius 2 is 1.83 bits per heavy atom. The molecule has 0 aliphatic carbocycles. The van der Waals surface area contributed by atoms with Gasteiger partial charge in [0.25, 0.3) is 5.56 Å². The summed E-state index contributed by atoms with van der Waals surface area (Å²) in [5.74, 6) is 0.866. The van der Waals surface area contributed by atoms with Crippen LogP contribution in [0.15, 0.2) is 35.1 Å². The van der Waals surface area contributed by atoms with Crippen LogP contribution in [-0.2, 0) is 11.3 Å². The first kappa shape index (κ1) is 21.4. The Hall–Kier alpha value is -2.31. The molecule has 0 bridgehead atoms. The molecule has 1 saturated heterocycles. The lowest BCUT2D eigenvalue weighted by Gasteiger charge is -2.35. The number of methoxy groups -OCH3 is 1. The lowest BCUT2D eigenvalue weighted by molar-refractivity contribution is 0.178. The second kappa shape index (κ2) is 9.94. The molecule has 0 radical (unpaired) electrons. The van der Waals surface area contributed by atoms with Crippen LogP contribution in [0.5, 0.6) is 11.5 Å². The number of hydrogen-bond donors (Lipinski definition) is 1. The van der Waals surface area contributed by atoms with Crippen LogP contribution in [-0.4, -0.2) is 48.0 Å². The van der Waals surface area contributed by atoms with Crippen molar-refractivity contribution < 1.29 is 14.6 Å². The predicted molar refractivity (Wildman–Crippen MR) is 114 cm³/mol. The molecule has 1 fully saturated rings. The van der Waals surface area contributed by atoms with Gasteiger partial charge in [0.15, 0.2) is 0 Å². The molecule has 0 saturated carbocycles. The Balaban J connectivity index is 2.09. The van der Waals surface area contributed by atoms with Gasteiger partial charge >= 0.3 is 0 Å². The summed E-state index contributed by atoms with van der Waals surface area (Å²) in [6.45, 7) is 7.13. The maximum atomic E-state index is 13.4. The molecule has 2 aromatic rings. The Morgan fingerprint density at radius 1 is 1.14 bits per heavy atom. The molecule has 2 heterocycles. The third kappa shape index (κ3) is 4.82. The summed E-state index contributed by atoms with van der Waals surface area (Å²) in [6.07, 6.45) is 3.39. The van der Waals surface area contributed by atoms with E-state index in [1.165, 1.54) is 6.42 Å². The second-order valence-corrected chi connectivity index (χ2v) is 7.54. The van der Waals surface area contributed by atoms with Crippen molar-refractivity contribution in [3.63, 3.8) is 0 Å². The van der Waals surface area contributed by atoms with E-state index in [4.69, 9.17) is 9.47 Å². The summed E-state index contributed by atoms with van der Waals surface area (Å²) in [5.41, 5.74) is 2.02. The third-order valence-electron chi connectivity index (χ3n) is 5.58. The van der Waals surface area contributed by atoms with Gasteiger partial charge in [0.1, 0.15) is 11.5 Å². The Kier molecular flexibility index (Phi) is 7.34. The minimum atomic E-state index is -0.284. The molecule has 6 nitrogen and oxygen atoms in total. The minimum absolute atomic E-state index is 0.0608. The highest BCUT2D eigenvalue weighted by Crippen LogP contribution is 2.35. The molecular formula is C23H32N2O4. The number of aromatic nitrogens is 1. The first-order valence-corrected chi connectivity index (χ1v) is 10.5. The van der Waals surface area contributed by atoms with Crippen molar-refractivity contribution >= 4 is 0 Å². The van der Waals surface area contributed by atoms with E-state index in [9.17, 15) is 9.90 Å². The van der Waals surface area contributed by atoms with Crippen LogP contribution in [0.3, 0.4) is 0 Å². The van der Waals surface area contributed by atoms with E-state index in [-0.39, 0.29) is 17.4 Å². The molecular weight excluding hydrogens is 368 g/mol. The number of nitrogens with zero attached hydrogens (tertiary/aromatic N) is 2. The molecule has 3 rings (SSSR count). The molecule has 158 valence electrons. The fourth-order valence-corrected chi connectivity index (χ4v) is 4.14. The van der Waals surface area contributed by atoms with E-state index < -0.39 is 0 Å². The molecule has 1 aliphatic heterocycles. The van der Waals surface area contributed by atoms with Crippen LogP contribution in [0.4, 0.5) is 0 Å². The third-order valence-corrected chi connectivity index (χ3v) is 5.58. The number of hydrogen-bond acceptors (Lipinski definition) is 5. The van der Waals surface area contributed by atoms with E-state index >= 15 is 0 Å². The van der Waals surface area contributed by atoms with Gasteiger partial charge in [-0.3, -0.25) is 9.69 Å². The van der Waals surface area contributed by atoms with Gasteiger partial charge in [0.2, 0.25) is 0 Å². The van der Waals surface area contributed by atoms with E-state index in [0.717, 1.165) is 42.9 Å². The van der Waals surface area contributed by atoms with E-state index in [0.29, 0.717) is 25.3 Å². The highest BCUT2D eigenvalue weighted by Gasteiger charge is 2.30. The summed E-state index contributed by atoms with van der Waals surface area (Å²) >= 11 is 0. The highest BCUT2D eigenvalue weighted by molar-refractivity contribution is 5.42. The van der Waals surface area contributed by atoms with Gasteiger partial charge in [0, 0.05) is 19.3 Å². The van der Waals surface area contributed by atoms with Crippen LogP contribution in [0.1, 0.15) is 49.0 Å². The van der Waals surface area contributed by atoms with Crippen LogP contribution in [0, 0.1) is 6.92 Å². The summed E-state index contributed by atoms with van der Waals surface area (Å²) in [6, 6.07) is 9.28. The van der Waals surface area contributed by atoms with E-state index in [2.05, 4.69) is 4.90 Å². The number of aromatic hydroxyl groups is 1. The lowest BCUT2D eigenvalue weighted by atomic mass is 9.94. The van der Waals surface area contributed by atoms with Crippen molar-refractivity contribution in [1.29, 1.82) is 0 Å². The minimum Gasteiger partial charge on any atom is -0.507 e. The summed E-state index contributed by atoms with van der Waals surface area (Å²) in [4.78, 5) is 15.8. The average molecular weight is 401 g/mol. The molecule has 6 heteroatoms. The SMILES string of the molecule is CCOc1ccc(C(c2c(O)cc(C)n(CCOC)c2=O)N2CCCCC2)cc1. The van der Waals surface area contributed by atoms with Crippen molar-refractivity contribution in [3.8, 4) is 11.5 Å². The first-order valence-electron chi connectivity index (χ1n) is 10.5. The maximum Gasteiger partial charge on any atom is 0.259 e. The zero-order chi connectivity index (χ0) is 20.8. The fourth-order valence-electron chi connectivity index (χ4n) is 4.14. The first-order chi connectivity index (χ1) is 14.1. The van der Waals surface area contributed by atoms with Gasteiger partial charge in [-0.1, -0.05) is 18.6 Å². The number of aryl methyl sites for hydroxylation is 1. The Morgan fingerprint density at radius 3 is 2.45 bits per heavy atom. The molecule has 1 N–H and O–H groups in total. The average Bonchev–Trinajstić information content (AvgIpc) is 2.72. The van der Waals surface area contributed by atoms with Crippen molar-refractivity contribution in [2.24, 2.45) is 0 Å². The number of pyridine rings is 1. The topological polar surface area (TPSA) is 63.9 Å². The number of rotatable bonds is 8. The van der Waals surface area contributed by atoms with Crippen molar-refractivity contribution in [1.82, 2.24) is 9.47 Å². The molecule has 1 atom stereocenters. The smallest absolute Gasteiger partial charge is 0.259 e. The van der Waals surface area contributed by atoms with E-state index in [1.54, 1.807) is 17.7 Å². The normalized spacial score (nSPS) is 16.0. The summed E-state index contributed by atoms with van der Waals surface area (Å²) in [5, 5.41) is 10.8. The predicted octanol–water partition coefficient (Wildman–Crippen LogP) is 3.48. The largest absolute Gasteiger partial charge is 0.507 e. The quantitative estimate of drug-likeness (QED) is 0.735. The molecule has 0 amide bonds. The molecule has 29 heavy (non-hydrogen) atoms. The van der Waals surface area contributed by atoms with Crippen LogP contribution < -0.4 is 10.3 Å². The van der Waals surface area contributed by atoms with Crippen LogP contribution >= 0.6 is 0 Å². The number of benzene rings is 1. The monoisotopic (exact) mass is 400 g/mol. The summed E-state index contributed by atoms with van der Waals surface area (Å²) < 4.78 is 12.5. The number of ether oxygens (including phenoxy) is 2. The zero-order valence-corrected chi connectivity index (χ0v) is 17.7. The molecule has 1 aromatic heterocycles. The molecule has 0 spiro atoms. The lowest BCUT2D eigenvalue weighted by Crippen LogP contribution is -2.39. The van der Waals surface area contributed by atoms with Gasteiger partial charge in [-0.05, 0) is 63.5 Å². The van der Waals surface area contributed by atoms with Crippen molar-refractivity contribution in [3.05, 3.63) is 57.5 Å². The van der Waals surface area contributed by atoms with Gasteiger partial charge in [-0.25, -0.2) is 0 Å². The second-order valence-electron chi connectivity index (χ2n) is 7.54. The zero-order valence-electron chi connectivity index (χ0n) is 17.7. The van der Waals surface area contributed by atoms with Gasteiger partial charge in [-0.2, -0.15) is 0 Å². The standard InChI is InChI=1S/C23H32N2O4/c1-4-29-19-10-8-18(9-11-19)22(24-12-6-5-7-13-24)21-20(26)16-17(2)25(23(21)27)14-15-28-3/h8-11,16,22,26H,4-7,12-15H2,1-3H3. The maximum absolute atomic E-state index is 13.4. The Bertz CT molecular complexity index is 854. The van der Waals surface area contributed by atoms with Gasteiger partial charge in [0.05, 0.1) is 24.8 Å². The molecule has 1 unspecified atom stereocenters. The van der Waals surface area contributed by atoms with E-state index in [1.807, 2.05) is 38.1 Å².